The molecule has 3 heterocycles. The van der Waals surface area contributed by atoms with Crippen molar-refractivity contribution in [3.8, 4) is 0 Å². The van der Waals surface area contributed by atoms with Gasteiger partial charge in [0.1, 0.15) is 24.4 Å². The van der Waals surface area contributed by atoms with Crippen LogP contribution in [0.15, 0.2) is 0 Å². The minimum Gasteiger partial charge on any atom is -0.353 e. The summed E-state index contributed by atoms with van der Waals surface area (Å²) in [5, 5.41) is 3.35. The lowest BCUT2D eigenvalue weighted by Gasteiger charge is -2.37. The molecule has 0 saturated carbocycles. The number of halogens is 1. The molecule has 3 saturated heterocycles. The van der Waals surface area contributed by atoms with Crippen molar-refractivity contribution in [1.82, 2.24) is 5.32 Å². The number of nitrogens with one attached hydrogen (secondary N) is 1. The third-order valence-electron chi connectivity index (χ3n) is 7.79. The Bertz CT molecular complexity index is 704. The molecule has 0 bridgehead atoms. The van der Waals surface area contributed by atoms with Crippen LogP contribution in [-0.4, -0.2) is 60.1 Å². The average Bonchev–Trinajstić information content (AvgIpc) is 3.35. The van der Waals surface area contributed by atoms with Crippen LogP contribution in [-0.2, 0) is 28.5 Å². The molecular weight excluding hydrogens is 506 g/mol. The van der Waals surface area contributed by atoms with E-state index in [0.29, 0.717) is 18.3 Å². The number of alkyl halides is 1. The quantitative estimate of drug-likeness (QED) is 0.144. The van der Waals surface area contributed by atoms with E-state index in [1.807, 2.05) is 27.7 Å². The number of fused-ring (bicyclic) bond motifs is 3. The fourth-order valence-electron chi connectivity index (χ4n) is 5.81. The van der Waals surface area contributed by atoms with Crippen molar-refractivity contribution < 1.29 is 28.5 Å². The minimum absolute atomic E-state index is 0.0462. The lowest BCUT2D eigenvalue weighted by molar-refractivity contribution is -0.232. The number of amides is 1. The number of unbranched alkanes of at least 4 members (excludes halogenated alkanes) is 10. The number of carbonyl (C=O) groups is 1. The van der Waals surface area contributed by atoms with Gasteiger partial charge in [0.15, 0.2) is 17.9 Å². The Morgan fingerprint density at radius 2 is 1.26 bits per heavy atom. The summed E-state index contributed by atoms with van der Waals surface area (Å²) in [5.41, 5.74) is 0. The van der Waals surface area contributed by atoms with Gasteiger partial charge in [0.2, 0.25) is 5.91 Å². The van der Waals surface area contributed by atoms with Crippen molar-refractivity contribution in [3.05, 3.63) is 0 Å². The van der Waals surface area contributed by atoms with Crippen LogP contribution in [0.2, 0.25) is 0 Å². The molecule has 0 aromatic rings. The van der Waals surface area contributed by atoms with E-state index >= 15 is 0 Å². The Morgan fingerprint density at radius 3 is 1.92 bits per heavy atom. The number of hydrogen-bond donors (Lipinski definition) is 1. The molecule has 3 aliphatic rings. The molecule has 8 heteroatoms. The van der Waals surface area contributed by atoms with Gasteiger partial charge in [0.05, 0.1) is 0 Å². The van der Waals surface area contributed by atoms with Gasteiger partial charge in [0.25, 0.3) is 0 Å². The van der Waals surface area contributed by atoms with E-state index in [2.05, 4.69) is 12.2 Å². The zero-order valence-electron chi connectivity index (χ0n) is 24.6. The van der Waals surface area contributed by atoms with Crippen LogP contribution >= 0.6 is 11.6 Å². The molecule has 1 amide bonds. The van der Waals surface area contributed by atoms with E-state index in [1.165, 1.54) is 57.8 Å². The van der Waals surface area contributed by atoms with Crippen LogP contribution in [0.25, 0.3) is 0 Å². The zero-order chi connectivity index (χ0) is 27.6. The van der Waals surface area contributed by atoms with Gasteiger partial charge in [-0.1, -0.05) is 77.6 Å². The summed E-state index contributed by atoms with van der Waals surface area (Å²) in [6.45, 7) is 10.1. The summed E-state index contributed by atoms with van der Waals surface area (Å²) < 4.78 is 30.4. The Morgan fingerprint density at radius 1 is 0.737 bits per heavy atom. The third-order valence-corrected chi connectivity index (χ3v) is 8.23. The molecule has 0 spiro atoms. The zero-order valence-corrected chi connectivity index (χ0v) is 25.4. The van der Waals surface area contributed by atoms with Gasteiger partial charge in [-0.15, -0.1) is 11.6 Å². The molecule has 3 aliphatic heterocycles. The SMILES string of the molecule is CCCCCCCCCC(Cl)CCCCCCCC(=O)NC[C@H]1O[C@@H]2OC(C)(C)O[C@@H]2[C@H]2OC(C)(C)O[C@H]21. The summed E-state index contributed by atoms with van der Waals surface area (Å²) in [7, 11) is 0. The van der Waals surface area contributed by atoms with Gasteiger partial charge < -0.3 is 29.0 Å². The van der Waals surface area contributed by atoms with Gasteiger partial charge in [-0.25, -0.2) is 0 Å². The topological polar surface area (TPSA) is 75.3 Å². The summed E-state index contributed by atoms with van der Waals surface area (Å²) in [6.07, 6.45) is 15.8. The van der Waals surface area contributed by atoms with Crippen LogP contribution in [0.4, 0.5) is 0 Å². The Balaban J connectivity index is 1.22. The Kier molecular flexibility index (Phi) is 13.1. The molecule has 3 rings (SSSR count). The van der Waals surface area contributed by atoms with Gasteiger partial charge in [-0.3, -0.25) is 4.79 Å². The standard InChI is InChI=1S/C30H54ClNO6/c1-6-7-8-9-10-12-15-18-22(31)19-16-13-11-14-17-20-24(33)32-21-23-25-26(36-29(2,3)35-25)27-28(34-23)38-30(4,5)37-27/h22-23,25-28H,6-21H2,1-5H3,(H,32,33)/t22?,23-,25+,26+,27-,28-/m1/s1. The minimum atomic E-state index is -0.744. The second-order valence-electron chi connectivity index (χ2n) is 12.3. The monoisotopic (exact) mass is 559 g/mol. The van der Waals surface area contributed by atoms with E-state index in [4.69, 9.17) is 35.3 Å². The van der Waals surface area contributed by atoms with E-state index in [1.54, 1.807) is 0 Å². The number of rotatable bonds is 18. The van der Waals surface area contributed by atoms with E-state index in [-0.39, 0.29) is 30.3 Å². The van der Waals surface area contributed by atoms with E-state index in [0.717, 1.165) is 32.1 Å². The molecule has 1 N–H and O–H groups in total. The number of ether oxygens (including phenoxy) is 5. The van der Waals surface area contributed by atoms with Crippen molar-refractivity contribution in [2.24, 2.45) is 0 Å². The largest absolute Gasteiger partial charge is 0.353 e. The molecular formula is C30H54ClNO6. The Labute approximate surface area is 236 Å². The molecule has 0 radical (unpaired) electrons. The maximum absolute atomic E-state index is 12.5. The lowest BCUT2D eigenvalue weighted by Crippen LogP contribution is -2.57. The maximum atomic E-state index is 12.5. The van der Waals surface area contributed by atoms with E-state index < -0.39 is 17.9 Å². The molecule has 0 aliphatic carbocycles. The molecule has 0 aromatic carbocycles. The normalized spacial score (nSPS) is 30.1. The van der Waals surface area contributed by atoms with Gasteiger partial charge >= 0.3 is 0 Å². The lowest BCUT2D eigenvalue weighted by atomic mass is 9.99. The Hall–Kier alpha value is -0.440. The first-order valence-corrected chi connectivity index (χ1v) is 15.8. The van der Waals surface area contributed by atoms with Crippen LogP contribution < -0.4 is 5.32 Å². The van der Waals surface area contributed by atoms with Crippen molar-refractivity contribution in [2.75, 3.05) is 6.54 Å². The smallest absolute Gasteiger partial charge is 0.220 e. The van der Waals surface area contributed by atoms with Crippen LogP contribution in [0.5, 0.6) is 0 Å². The second kappa shape index (κ2) is 15.5. The highest BCUT2D eigenvalue weighted by molar-refractivity contribution is 6.20. The van der Waals surface area contributed by atoms with Gasteiger partial charge in [0, 0.05) is 18.3 Å². The molecule has 7 nitrogen and oxygen atoms in total. The predicted octanol–water partition coefficient (Wildman–Crippen LogP) is 6.98. The molecule has 222 valence electrons. The second-order valence-corrected chi connectivity index (χ2v) is 12.9. The molecule has 38 heavy (non-hydrogen) atoms. The van der Waals surface area contributed by atoms with Crippen molar-refractivity contribution in [2.45, 2.75) is 179 Å². The number of carbonyl (C=O) groups excluding carboxylic acids is 1. The van der Waals surface area contributed by atoms with Crippen molar-refractivity contribution in [3.63, 3.8) is 0 Å². The third kappa shape index (κ3) is 10.5. The predicted molar refractivity (Wildman–Crippen MR) is 150 cm³/mol. The summed E-state index contributed by atoms with van der Waals surface area (Å²) in [5.74, 6) is -1.43. The molecule has 0 aromatic heterocycles. The summed E-state index contributed by atoms with van der Waals surface area (Å²) >= 11 is 6.52. The first-order chi connectivity index (χ1) is 18.1. The fraction of sp³-hybridized carbons (Fsp3) is 0.967. The van der Waals surface area contributed by atoms with E-state index in [9.17, 15) is 4.79 Å². The van der Waals surface area contributed by atoms with Gasteiger partial charge in [-0.2, -0.15) is 0 Å². The molecule has 3 fully saturated rings. The summed E-state index contributed by atoms with van der Waals surface area (Å²) in [4.78, 5) is 12.5. The fourth-order valence-corrected chi connectivity index (χ4v) is 6.12. The van der Waals surface area contributed by atoms with Gasteiger partial charge in [-0.05, 0) is 47.0 Å². The first-order valence-electron chi connectivity index (χ1n) is 15.4. The van der Waals surface area contributed by atoms with Crippen LogP contribution in [0.3, 0.4) is 0 Å². The average molecular weight is 560 g/mol. The molecule has 6 atom stereocenters. The summed E-state index contributed by atoms with van der Waals surface area (Å²) in [6, 6.07) is 0. The van der Waals surface area contributed by atoms with Crippen LogP contribution in [0.1, 0.15) is 131 Å². The molecule has 1 unspecified atom stereocenters. The highest BCUT2D eigenvalue weighted by Crippen LogP contribution is 2.43. The number of hydrogen-bond acceptors (Lipinski definition) is 6. The highest BCUT2D eigenvalue weighted by Gasteiger charge is 2.60. The van der Waals surface area contributed by atoms with Crippen molar-refractivity contribution >= 4 is 17.5 Å². The highest BCUT2D eigenvalue weighted by atomic mass is 35.5. The first kappa shape index (κ1) is 32.1. The maximum Gasteiger partial charge on any atom is 0.220 e. The van der Waals surface area contributed by atoms with Crippen LogP contribution in [0, 0.1) is 0 Å². The van der Waals surface area contributed by atoms with Crippen molar-refractivity contribution in [1.29, 1.82) is 0 Å².